The third-order valence-electron chi connectivity index (χ3n) is 4.84. The number of nitrogens with one attached hydrogen (secondary N) is 1. The first kappa shape index (κ1) is 17.0. The molecule has 2 heterocycles. The molecule has 7 nitrogen and oxygen atoms in total. The number of hydrogen-bond acceptors (Lipinski definition) is 5. The van der Waals surface area contributed by atoms with Crippen LogP contribution in [0.1, 0.15) is 5.69 Å². The molecule has 0 amide bonds. The molecule has 3 aromatic carbocycles. The van der Waals surface area contributed by atoms with Gasteiger partial charge < -0.3 is 14.6 Å². The van der Waals surface area contributed by atoms with E-state index in [9.17, 15) is 9.90 Å². The van der Waals surface area contributed by atoms with Crippen LogP contribution < -0.4 is 5.69 Å². The van der Waals surface area contributed by atoms with Crippen LogP contribution in [-0.2, 0) is 0 Å². The minimum absolute atomic E-state index is 0.0714. The molecule has 5 rings (SSSR count). The van der Waals surface area contributed by atoms with Gasteiger partial charge in [-0.05, 0) is 42.0 Å². The van der Waals surface area contributed by atoms with E-state index in [1.807, 2.05) is 61.5 Å². The molecule has 0 radical (unpaired) electrons. The van der Waals surface area contributed by atoms with Gasteiger partial charge in [0.25, 0.3) is 5.89 Å². The molecule has 0 aliphatic carbocycles. The molecule has 2 aromatic heterocycles. The Morgan fingerprint density at radius 3 is 2.59 bits per heavy atom. The summed E-state index contributed by atoms with van der Waals surface area (Å²) >= 11 is 0. The van der Waals surface area contributed by atoms with Gasteiger partial charge in [-0.2, -0.15) is 4.98 Å². The summed E-state index contributed by atoms with van der Waals surface area (Å²) in [5, 5.41) is 16.3. The van der Waals surface area contributed by atoms with Crippen molar-refractivity contribution in [1.29, 1.82) is 0 Å². The summed E-state index contributed by atoms with van der Waals surface area (Å²) in [5.41, 5.74) is 2.45. The maximum Gasteiger partial charge on any atom is 0.330 e. The Morgan fingerprint density at radius 2 is 1.83 bits per heavy atom. The SMILES string of the molecule is Cc1c[nH]c(=O)n1-c1cccc(-c2noc(-c3cc4ccccc4cc3O)n2)c1. The van der Waals surface area contributed by atoms with Crippen LogP contribution in [0.15, 0.2) is 76.2 Å². The van der Waals surface area contributed by atoms with E-state index in [1.54, 1.807) is 16.8 Å². The monoisotopic (exact) mass is 384 g/mol. The van der Waals surface area contributed by atoms with Gasteiger partial charge in [-0.1, -0.05) is 41.6 Å². The Morgan fingerprint density at radius 1 is 1.03 bits per heavy atom. The fourth-order valence-electron chi connectivity index (χ4n) is 3.41. The maximum atomic E-state index is 12.1. The van der Waals surface area contributed by atoms with Gasteiger partial charge in [0.15, 0.2) is 0 Å². The summed E-state index contributed by atoms with van der Waals surface area (Å²) in [7, 11) is 0. The lowest BCUT2D eigenvalue weighted by molar-refractivity contribution is 0.426. The van der Waals surface area contributed by atoms with E-state index in [0.29, 0.717) is 22.6 Å². The lowest BCUT2D eigenvalue weighted by Crippen LogP contribution is -2.15. The van der Waals surface area contributed by atoms with Gasteiger partial charge in [0, 0.05) is 17.5 Å². The van der Waals surface area contributed by atoms with Crippen molar-refractivity contribution in [1.82, 2.24) is 19.7 Å². The number of benzene rings is 3. The summed E-state index contributed by atoms with van der Waals surface area (Å²) in [4.78, 5) is 19.2. The number of aryl methyl sites for hydroxylation is 1. The van der Waals surface area contributed by atoms with Gasteiger partial charge in [0.05, 0.1) is 11.3 Å². The summed E-state index contributed by atoms with van der Waals surface area (Å²) in [5.74, 6) is 0.668. The summed E-state index contributed by atoms with van der Waals surface area (Å²) in [6.07, 6.45) is 1.66. The standard InChI is InChI=1S/C22H16N4O3/c1-13-12-23-22(28)26(13)17-8-4-7-16(9-17)20-24-21(29-25-20)18-10-14-5-2-3-6-15(14)11-19(18)27/h2-12,27H,1H3,(H,23,28). The predicted molar refractivity (Wildman–Crippen MR) is 109 cm³/mol. The maximum absolute atomic E-state index is 12.1. The zero-order chi connectivity index (χ0) is 20.0. The van der Waals surface area contributed by atoms with Crippen LogP contribution in [0, 0.1) is 6.92 Å². The molecule has 0 aliphatic rings. The second kappa shape index (κ2) is 6.49. The van der Waals surface area contributed by atoms with Crippen molar-refractivity contribution in [3.8, 4) is 34.3 Å². The molecule has 0 spiro atoms. The van der Waals surface area contributed by atoms with Crippen LogP contribution in [0.25, 0.3) is 39.3 Å². The van der Waals surface area contributed by atoms with Gasteiger partial charge in [-0.25, -0.2) is 4.79 Å². The van der Waals surface area contributed by atoms with E-state index in [1.165, 1.54) is 0 Å². The minimum atomic E-state index is -0.213. The molecule has 0 bridgehead atoms. The number of H-pyrrole nitrogens is 1. The normalized spacial score (nSPS) is 11.2. The highest BCUT2D eigenvalue weighted by molar-refractivity contribution is 5.89. The Kier molecular flexibility index (Phi) is 3.80. The first-order valence-electron chi connectivity index (χ1n) is 9.04. The number of nitrogens with zero attached hydrogens (tertiary/aromatic N) is 3. The summed E-state index contributed by atoms with van der Waals surface area (Å²) in [6, 6.07) is 18.5. The molecule has 0 aliphatic heterocycles. The van der Waals surface area contributed by atoms with E-state index < -0.39 is 0 Å². The molecular formula is C22H16N4O3. The fourth-order valence-corrected chi connectivity index (χ4v) is 3.41. The van der Waals surface area contributed by atoms with Gasteiger partial charge in [0.1, 0.15) is 5.75 Å². The molecule has 0 fully saturated rings. The van der Waals surface area contributed by atoms with Gasteiger partial charge in [-0.15, -0.1) is 0 Å². The van der Waals surface area contributed by atoms with Gasteiger partial charge in [0.2, 0.25) is 5.82 Å². The minimum Gasteiger partial charge on any atom is -0.507 e. The average molecular weight is 384 g/mol. The Balaban J connectivity index is 1.57. The first-order valence-corrected chi connectivity index (χ1v) is 9.04. The predicted octanol–water partition coefficient (Wildman–Crippen LogP) is 4.05. The van der Waals surface area contributed by atoms with Crippen molar-refractivity contribution in [3.05, 3.63) is 83.0 Å². The van der Waals surface area contributed by atoms with Crippen LogP contribution in [0.4, 0.5) is 0 Å². The summed E-state index contributed by atoms with van der Waals surface area (Å²) in [6.45, 7) is 1.85. The molecule has 5 aromatic rings. The fraction of sp³-hybridized carbons (Fsp3) is 0.0455. The third kappa shape index (κ3) is 2.89. The smallest absolute Gasteiger partial charge is 0.330 e. The number of hydrogen-bond donors (Lipinski definition) is 2. The molecule has 29 heavy (non-hydrogen) atoms. The highest BCUT2D eigenvalue weighted by atomic mass is 16.5. The molecule has 0 saturated heterocycles. The van der Waals surface area contributed by atoms with Crippen molar-refractivity contribution >= 4 is 10.8 Å². The zero-order valence-electron chi connectivity index (χ0n) is 15.5. The number of phenolic OH excluding ortho intramolecular Hbond substituents is 1. The van der Waals surface area contributed by atoms with Crippen molar-refractivity contribution < 1.29 is 9.63 Å². The molecule has 0 saturated carbocycles. The number of aromatic nitrogens is 4. The Bertz CT molecular complexity index is 1410. The van der Waals surface area contributed by atoms with Crippen LogP contribution in [0.3, 0.4) is 0 Å². The van der Waals surface area contributed by atoms with E-state index in [2.05, 4.69) is 15.1 Å². The zero-order valence-corrected chi connectivity index (χ0v) is 15.5. The molecule has 0 atom stereocenters. The second-order valence-electron chi connectivity index (χ2n) is 6.76. The van der Waals surface area contributed by atoms with Crippen molar-refractivity contribution in [3.63, 3.8) is 0 Å². The number of aromatic hydroxyl groups is 1. The number of imidazole rings is 1. The molecule has 7 heteroatoms. The van der Waals surface area contributed by atoms with Crippen molar-refractivity contribution in [2.45, 2.75) is 6.92 Å². The van der Waals surface area contributed by atoms with Crippen LogP contribution in [0.2, 0.25) is 0 Å². The largest absolute Gasteiger partial charge is 0.507 e. The van der Waals surface area contributed by atoms with E-state index in [0.717, 1.165) is 16.5 Å². The number of rotatable bonds is 3. The number of aromatic amines is 1. The van der Waals surface area contributed by atoms with E-state index in [4.69, 9.17) is 4.52 Å². The highest BCUT2D eigenvalue weighted by Gasteiger charge is 2.16. The molecule has 0 unspecified atom stereocenters. The van der Waals surface area contributed by atoms with E-state index >= 15 is 0 Å². The van der Waals surface area contributed by atoms with Crippen LogP contribution >= 0.6 is 0 Å². The molecule has 142 valence electrons. The van der Waals surface area contributed by atoms with Crippen LogP contribution in [-0.4, -0.2) is 24.8 Å². The molecule has 2 N–H and O–H groups in total. The Hall–Kier alpha value is -4.13. The highest BCUT2D eigenvalue weighted by Crippen LogP contribution is 2.33. The van der Waals surface area contributed by atoms with Gasteiger partial charge >= 0.3 is 5.69 Å². The third-order valence-corrected chi connectivity index (χ3v) is 4.84. The van der Waals surface area contributed by atoms with Crippen molar-refractivity contribution in [2.75, 3.05) is 0 Å². The lowest BCUT2D eigenvalue weighted by Gasteiger charge is -2.05. The average Bonchev–Trinajstić information content (AvgIpc) is 3.34. The van der Waals surface area contributed by atoms with Crippen molar-refractivity contribution in [2.24, 2.45) is 0 Å². The van der Waals surface area contributed by atoms with Crippen LogP contribution in [0.5, 0.6) is 5.75 Å². The topological polar surface area (TPSA) is 96.9 Å². The van der Waals surface area contributed by atoms with Gasteiger partial charge in [-0.3, -0.25) is 4.57 Å². The first-order chi connectivity index (χ1) is 14.1. The number of phenols is 1. The summed E-state index contributed by atoms with van der Waals surface area (Å²) < 4.78 is 6.99. The van der Waals surface area contributed by atoms with E-state index in [-0.39, 0.29) is 17.3 Å². The number of fused-ring (bicyclic) bond motifs is 1. The quantitative estimate of drug-likeness (QED) is 0.489. The lowest BCUT2D eigenvalue weighted by atomic mass is 10.1. The second-order valence-corrected chi connectivity index (χ2v) is 6.76. The Labute approximate surface area is 164 Å². The molecular weight excluding hydrogens is 368 g/mol.